The number of carbonyl (C=O) groups excluding carboxylic acids is 1. The van der Waals surface area contributed by atoms with Crippen molar-refractivity contribution in [2.45, 2.75) is 12.7 Å². The summed E-state index contributed by atoms with van der Waals surface area (Å²) in [6.07, 6.45) is -4.55. The summed E-state index contributed by atoms with van der Waals surface area (Å²) < 4.78 is 44.9. The van der Waals surface area contributed by atoms with Crippen LogP contribution >= 0.6 is 0 Å². The molecular weight excluding hydrogens is 365 g/mol. The standard InChI is InChI=1S/C17H19F3N4O3/c1-23(2)14-6-4-11(17(18,19)20)10-13(14)21-16(26)12-5-7-15(25)24(22-12)8-9-27-3/h4-7,10H,8-9H2,1-3H3,(H,21,26). The van der Waals surface area contributed by atoms with Crippen LogP contribution in [0.4, 0.5) is 24.5 Å². The van der Waals surface area contributed by atoms with Gasteiger partial charge in [-0.2, -0.15) is 18.3 Å². The van der Waals surface area contributed by atoms with Crippen molar-refractivity contribution in [2.24, 2.45) is 0 Å². The number of hydrogen-bond donors (Lipinski definition) is 1. The molecule has 1 N–H and O–H groups in total. The highest BCUT2D eigenvalue weighted by Gasteiger charge is 2.31. The number of nitrogens with zero attached hydrogens (tertiary/aromatic N) is 3. The number of halogens is 3. The molecule has 7 nitrogen and oxygen atoms in total. The lowest BCUT2D eigenvalue weighted by Gasteiger charge is -2.19. The number of aromatic nitrogens is 2. The Morgan fingerprint density at radius 1 is 1.26 bits per heavy atom. The summed E-state index contributed by atoms with van der Waals surface area (Å²) in [7, 11) is 4.74. The van der Waals surface area contributed by atoms with Gasteiger partial charge in [-0.1, -0.05) is 0 Å². The van der Waals surface area contributed by atoms with E-state index in [9.17, 15) is 22.8 Å². The lowest BCUT2D eigenvalue weighted by atomic mass is 10.1. The molecule has 1 heterocycles. The van der Waals surface area contributed by atoms with Gasteiger partial charge in [-0.05, 0) is 24.3 Å². The van der Waals surface area contributed by atoms with E-state index in [1.165, 1.54) is 19.2 Å². The maximum Gasteiger partial charge on any atom is 0.416 e. The molecule has 0 aliphatic heterocycles. The summed E-state index contributed by atoms with van der Waals surface area (Å²) in [6, 6.07) is 5.44. The van der Waals surface area contributed by atoms with Crippen LogP contribution < -0.4 is 15.8 Å². The Bertz CT molecular complexity index is 878. The van der Waals surface area contributed by atoms with E-state index in [-0.39, 0.29) is 24.5 Å². The summed E-state index contributed by atoms with van der Waals surface area (Å²) >= 11 is 0. The monoisotopic (exact) mass is 384 g/mol. The molecule has 0 aliphatic rings. The van der Waals surface area contributed by atoms with Gasteiger partial charge in [0, 0.05) is 27.3 Å². The van der Waals surface area contributed by atoms with Gasteiger partial charge in [0.1, 0.15) is 5.69 Å². The highest BCUT2D eigenvalue weighted by Crippen LogP contribution is 2.35. The van der Waals surface area contributed by atoms with Crippen molar-refractivity contribution >= 4 is 17.3 Å². The molecule has 2 aromatic rings. The summed E-state index contributed by atoms with van der Waals surface area (Å²) in [6.45, 7) is 0.360. The zero-order chi connectivity index (χ0) is 20.2. The predicted octanol–water partition coefficient (Wildman–Crippen LogP) is 2.23. The molecule has 0 saturated heterocycles. The van der Waals surface area contributed by atoms with Gasteiger partial charge >= 0.3 is 6.18 Å². The highest BCUT2D eigenvalue weighted by molar-refractivity contribution is 6.04. The molecule has 0 radical (unpaired) electrons. The van der Waals surface area contributed by atoms with Crippen LogP contribution in [0, 0.1) is 0 Å². The molecule has 0 saturated carbocycles. The zero-order valence-electron chi connectivity index (χ0n) is 15.0. The molecule has 0 spiro atoms. The Labute approximate surface area is 153 Å². The second-order valence-corrected chi connectivity index (χ2v) is 5.85. The minimum Gasteiger partial charge on any atom is -0.383 e. The van der Waals surface area contributed by atoms with E-state index in [0.29, 0.717) is 5.69 Å². The third kappa shape index (κ3) is 5.07. The van der Waals surface area contributed by atoms with Crippen LogP contribution in [0.25, 0.3) is 0 Å². The number of rotatable bonds is 6. The summed E-state index contributed by atoms with van der Waals surface area (Å²) in [5.41, 5.74) is -1.04. The first kappa shape index (κ1) is 20.4. The molecule has 1 amide bonds. The fraction of sp³-hybridized carbons (Fsp3) is 0.353. The van der Waals surface area contributed by atoms with Gasteiger partial charge < -0.3 is 15.0 Å². The van der Waals surface area contributed by atoms with E-state index in [1.54, 1.807) is 19.0 Å². The minimum absolute atomic E-state index is 0.0173. The molecule has 0 aliphatic carbocycles. The Kier molecular flexibility index (Phi) is 6.21. The third-order valence-corrected chi connectivity index (χ3v) is 3.66. The molecule has 0 bridgehead atoms. The van der Waals surface area contributed by atoms with E-state index < -0.39 is 23.2 Å². The molecule has 0 unspecified atom stereocenters. The van der Waals surface area contributed by atoms with Gasteiger partial charge in [-0.25, -0.2) is 4.68 Å². The Hall–Kier alpha value is -2.88. The van der Waals surface area contributed by atoms with E-state index in [1.807, 2.05) is 0 Å². The molecular formula is C17H19F3N4O3. The van der Waals surface area contributed by atoms with Crippen LogP contribution in [0.1, 0.15) is 16.1 Å². The second kappa shape index (κ2) is 8.21. The van der Waals surface area contributed by atoms with Gasteiger partial charge in [0.05, 0.1) is 30.1 Å². The van der Waals surface area contributed by atoms with Crippen molar-refractivity contribution in [3.63, 3.8) is 0 Å². The normalized spacial score (nSPS) is 11.3. The second-order valence-electron chi connectivity index (χ2n) is 5.85. The van der Waals surface area contributed by atoms with Crippen LogP contribution in [0.3, 0.4) is 0 Å². The van der Waals surface area contributed by atoms with Crippen LogP contribution in [-0.4, -0.2) is 43.5 Å². The number of alkyl halides is 3. The number of anilines is 2. The van der Waals surface area contributed by atoms with E-state index in [4.69, 9.17) is 4.74 Å². The van der Waals surface area contributed by atoms with Crippen molar-refractivity contribution in [1.82, 2.24) is 9.78 Å². The summed E-state index contributed by atoms with van der Waals surface area (Å²) in [5, 5.41) is 6.36. The van der Waals surface area contributed by atoms with Gasteiger partial charge in [-0.15, -0.1) is 0 Å². The number of benzene rings is 1. The van der Waals surface area contributed by atoms with Crippen LogP contribution in [-0.2, 0) is 17.5 Å². The fourth-order valence-electron chi connectivity index (χ4n) is 2.30. The largest absolute Gasteiger partial charge is 0.416 e. The van der Waals surface area contributed by atoms with Gasteiger partial charge in [0.25, 0.3) is 11.5 Å². The molecule has 0 fully saturated rings. The summed E-state index contributed by atoms with van der Waals surface area (Å²) in [5.74, 6) is -0.733. The van der Waals surface area contributed by atoms with Gasteiger partial charge in [0.2, 0.25) is 0 Å². The van der Waals surface area contributed by atoms with Crippen molar-refractivity contribution < 1.29 is 22.7 Å². The van der Waals surface area contributed by atoms with Gasteiger partial charge in [-0.3, -0.25) is 9.59 Å². The Balaban J connectivity index is 2.35. The number of carbonyl (C=O) groups is 1. The third-order valence-electron chi connectivity index (χ3n) is 3.66. The first-order valence-electron chi connectivity index (χ1n) is 7.90. The molecule has 146 valence electrons. The average molecular weight is 384 g/mol. The van der Waals surface area contributed by atoms with E-state index >= 15 is 0 Å². The number of ether oxygens (including phenoxy) is 1. The Morgan fingerprint density at radius 2 is 1.96 bits per heavy atom. The maximum absolute atomic E-state index is 13.0. The lowest BCUT2D eigenvalue weighted by molar-refractivity contribution is -0.137. The highest BCUT2D eigenvalue weighted by atomic mass is 19.4. The predicted molar refractivity (Wildman–Crippen MR) is 94.1 cm³/mol. The van der Waals surface area contributed by atoms with E-state index in [2.05, 4.69) is 10.4 Å². The molecule has 0 atom stereocenters. The quantitative estimate of drug-likeness (QED) is 0.827. The number of amides is 1. The maximum atomic E-state index is 13.0. The van der Waals surface area contributed by atoms with Crippen LogP contribution in [0.15, 0.2) is 35.1 Å². The topological polar surface area (TPSA) is 76.5 Å². The minimum atomic E-state index is -4.55. The van der Waals surface area contributed by atoms with Crippen molar-refractivity contribution in [3.8, 4) is 0 Å². The van der Waals surface area contributed by atoms with Crippen molar-refractivity contribution in [3.05, 3.63) is 51.9 Å². The fourth-order valence-corrected chi connectivity index (χ4v) is 2.30. The molecule has 10 heteroatoms. The number of hydrogen-bond acceptors (Lipinski definition) is 5. The first-order chi connectivity index (χ1) is 12.6. The Morgan fingerprint density at radius 3 is 2.56 bits per heavy atom. The first-order valence-corrected chi connectivity index (χ1v) is 7.90. The molecule has 27 heavy (non-hydrogen) atoms. The van der Waals surface area contributed by atoms with Crippen molar-refractivity contribution in [2.75, 3.05) is 38.0 Å². The van der Waals surface area contributed by atoms with Crippen LogP contribution in [0.5, 0.6) is 0 Å². The smallest absolute Gasteiger partial charge is 0.383 e. The average Bonchev–Trinajstić information content (AvgIpc) is 2.59. The van der Waals surface area contributed by atoms with Crippen LogP contribution in [0.2, 0.25) is 0 Å². The number of nitrogens with one attached hydrogen (secondary N) is 1. The molecule has 1 aromatic carbocycles. The molecule has 1 aromatic heterocycles. The van der Waals surface area contributed by atoms with Crippen molar-refractivity contribution in [1.29, 1.82) is 0 Å². The summed E-state index contributed by atoms with van der Waals surface area (Å²) in [4.78, 5) is 25.8. The van der Waals surface area contributed by atoms with Gasteiger partial charge in [0.15, 0.2) is 0 Å². The SMILES string of the molecule is COCCn1nc(C(=O)Nc2cc(C(F)(F)F)ccc2N(C)C)ccc1=O. The number of methoxy groups -OCH3 is 1. The molecule has 2 rings (SSSR count). The zero-order valence-corrected chi connectivity index (χ0v) is 15.0. The van der Waals surface area contributed by atoms with E-state index in [0.717, 1.165) is 22.9 Å². The lowest BCUT2D eigenvalue weighted by Crippen LogP contribution is -2.27.